The second-order valence-electron chi connectivity index (χ2n) is 3.39. The number of aromatic nitrogens is 7. The number of nitrogens with zero attached hydrogens (tertiary/aromatic N) is 7. The van der Waals surface area contributed by atoms with Crippen molar-refractivity contribution in [2.75, 3.05) is 0 Å². The molecule has 0 saturated carbocycles. The fourth-order valence-corrected chi connectivity index (χ4v) is 2.18. The highest BCUT2D eigenvalue weighted by Crippen LogP contribution is 2.28. The Hall–Kier alpha value is -2.16. The van der Waals surface area contributed by atoms with E-state index < -0.39 is 5.95 Å². The summed E-state index contributed by atoms with van der Waals surface area (Å²) in [5.74, 6) is -0.574. The van der Waals surface area contributed by atoms with Crippen LogP contribution < -0.4 is 0 Å². The van der Waals surface area contributed by atoms with E-state index in [-0.39, 0.29) is 0 Å². The lowest BCUT2D eigenvalue weighted by molar-refractivity contribution is 0.585. The van der Waals surface area contributed by atoms with Crippen molar-refractivity contribution in [1.82, 2.24) is 35.2 Å². The Morgan fingerprint density at radius 1 is 1.28 bits per heavy atom. The first-order chi connectivity index (χ1) is 8.74. The van der Waals surface area contributed by atoms with E-state index in [2.05, 4.69) is 30.5 Å². The summed E-state index contributed by atoms with van der Waals surface area (Å²) in [5.41, 5.74) is 0.573. The summed E-state index contributed by atoms with van der Waals surface area (Å²) >= 11 is 1.24. The molecule has 3 heterocycles. The molecule has 0 unspecified atom stereocenters. The summed E-state index contributed by atoms with van der Waals surface area (Å²) < 4.78 is 14.7. The van der Waals surface area contributed by atoms with Crippen LogP contribution in [0.25, 0.3) is 10.9 Å². The van der Waals surface area contributed by atoms with E-state index in [1.807, 2.05) is 0 Å². The fraction of sp³-hybridized carbons (Fsp3) is 0.111. The molecule has 0 N–H and O–H groups in total. The second kappa shape index (κ2) is 4.26. The van der Waals surface area contributed by atoms with E-state index in [0.29, 0.717) is 21.1 Å². The minimum Gasteiger partial charge on any atom is -0.235 e. The first kappa shape index (κ1) is 11.0. The summed E-state index contributed by atoms with van der Waals surface area (Å²) in [4.78, 5) is 11.7. The zero-order valence-corrected chi connectivity index (χ0v) is 9.97. The Morgan fingerprint density at radius 2 is 2.17 bits per heavy atom. The molecule has 0 amide bonds. The van der Waals surface area contributed by atoms with Crippen molar-refractivity contribution < 1.29 is 4.39 Å². The van der Waals surface area contributed by atoms with Crippen molar-refractivity contribution in [3.8, 4) is 0 Å². The van der Waals surface area contributed by atoms with Crippen molar-refractivity contribution in [2.24, 2.45) is 7.05 Å². The Kier molecular flexibility index (Phi) is 2.59. The number of tetrazole rings is 1. The average molecular weight is 263 g/mol. The molecule has 3 rings (SSSR count). The van der Waals surface area contributed by atoms with Crippen LogP contribution in [-0.2, 0) is 7.05 Å². The minimum absolute atomic E-state index is 0.562. The second-order valence-corrected chi connectivity index (χ2v) is 4.35. The quantitative estimate of drug-likeness (QED) is 0.500. The van der Waals surface area contributed by atoms with Crippen molar-refractivity contribution >= 4 is 22.7 Å². The zero-order valence-electron chi connectivity index (χ0n) is 9.15. The van der Waals surface area contributed by atoms with E-state index in [1.165, 1.54) is 35.0 Å². The molecule has 0 spiro atoms. The van der Waals surface area contributed by atoms with Crippen LogP contribution in [-0.4, -0.2) is 35.2 Å². The predicted octanol–water partition coefficient (Wildman–Crippen LogP) is 0.839. The van der Waals surface area contributed by atoms with Crippen LogP contribution in [0.4, 0.5) is 4.39 Å². The number of halogens is 1. The van der Waals surface area contributed by atoms with Crippen LogP contribution in [0.1, 0.15) is 0 Å². The number of hydrogen-bond donors (Lipinski definition) is 0. The van der Waals surface area contributed by atoms with E-state index in [1.54, 1.807) is 7.05 Å². The Balaban J connectivity index is 2.11. The van der Waals surface area contributed by atoms with Crippen molar-refractivity contribution in [3.05, 3.63) is 24.5 Å². The summed E-state index contributed by atoms with van der Waals surface area (Å²) in [6.45, 7) is 0. The molecule has 0 aliphatic rings. The third-order valence-corrected chi connectivity index (χ3v) is 3.27. The van der Waals surface area contributed by atoms with Gasteiger partial charge in [-0.25, -0.2) is 19.6 Å². The molecule has 3 aromatic rings. The van der Waals surface area contributed by atoms with Gasteiger partial charge in [-0.3, -0.25) is 0 Å². The van der Waals surface area contributed by atoms with Crippen LogP contribution in [0.2, 0.25) is 0 Å². The van der Waals surface area contributed by atoms with Gasteiger partial charge in [0.05, 0.1) is 11.7 Å². The molecule has 0 bridgehead atoms. The van der Waals surface area contributed by atoms with Gasteiger partial charge in [-0.1, -0.05) is 0 Å². The molecule has 3 aromatic heterocycles. The van der Waals surface area contributed by atoms with Crippen LogP contribution in [0.3, 0.4) is 0 Å². The van der Waals surface area contributed by atoms with Gasteiger partial charge in [0.2, 0.25) is 11.1 Å². The van der Waals surface area contributed by atoms with Crippen molar-refractivity contribution in [3.63, 3.8) is 0 Å². The molecule has 7 nitrogen and oxygen atoms in total. The topological polar surface area (TPSA) is 82.3 Å². The molecular weight excluding hydrogens is 257 g/mol. The van der Waals surface area contributed by atoms with Crippen molar-refractivity contribution in [2.45, 2.75) is 10.2 Å². The van der Waals surface area contributed by atoms with Crippen LogP contribution in [0.5, 0.6) is 0 Å². The molecule has 18 heavy (non-hydrogen) atoms. The molecule has 0 atom stereocenters. The zero-order chi connectivity index (χ0) is 12.5. The third-order valence-electron chi connectivity index (χ3n) is 2.22. The lowest BCUT2D eigenvalue weighted by Gasteiger charge is -2.02. The number of fused-ring (bicyclic) bond motifs is 1. The Labute approximate surface area is 104 Å². The molecule has 0 aliphatic heterocycles. The van der Waals surface area contributed by atoms with Gasteiger partial charge in [-0.15, -0.1) is 5.10 Å². The molecule has 0 saturated heterocycles. The van der Waals surface area contributed by atoms with Gasteiger partial charge < -0.3 is 0 Å². The molecule has 0 fully saturated rings. The van der Waals surface area contributed by atoms with Crippen molar-refractivity contribution in [1.29, 1.82) is 0 Å². The fourth-order valence-electron chi connectivity index (χ4n) is 1.39. The lowest BCUT2D eigenvalue weighted by atomic mass is 10.3. The van der Waals surface area contributed by atoms with E-state index in [4.69, 9.17) is 0 Å². The van der Waals surface area contributed by atoms with Gasteiger partial charge in [0.15, 0.2) is 0 Å². The lowest BCUT2D eigenvalue weighted by Crippen LogP contribution is -1.95. The minimum atomic E-state index is -0.574. The smallest absolute Gasteiger partial charge is 0.215 e. The molecular formula is C9H6FN7S. The SMILES string of the molecule is Cn1nnnc1Sc1ncnc2cnc(F)cc12. The van der Waals surface area contributed by atoms with Gasteiger partial charge >= 0.3 is 0 Å². The van der Waals surface area contributed by atoms with E-state index in [9.17, 15) is 4.39 Å². The number of hydrogen-bond acceptors (Lipinski definition) is 7. The maximum Gasteiger partial charge on any atom is 0.215 e. The predicted molar refractivity (Wildman–Crippen MR) is 60.2 cm³/mol. The third kappa shape index (κ3) is 1.88. The van der Waals surface area contributed by atoms with Gasteiger partial charge in [0.1, 0.15) is 11.4 Å². The normalized spacial score (nSPS) is 11.0. The summed E-state index contributed by atoms with van der Waals surface area (Å²) in [6.07, 6.45) is 2.76. The first-order valence-electron chi connectivity index (χ1n) is 4.90. The van der Waals surface area contributed by atoms with Gasteiger partial charge in [-0.05, 0) is 22.2 Å². The summed E-state index contributed by atoms with van der Waals surface area (Å²) in [7, 11) is 1.72. The summed E-state index contributed by atoms with van der Waals surface area (Å²) in [5, 5.41) is 12.8. The van der Waals surface area contributed by atoms with Gasteiger partial charge in [0.25, 0.3) is 0 Å². The van der Waals surface area contributed by atoms with Gasteiger partial charge in [0, 0.05) is 18.5 Å². The number of aryl methyl sites for hydroxylation is 1. The van der Waals surface area contributed by atoms with Gasteiger partial charge in [-0.2, -0.15) is 4.39 Å². The molecule has 0 aliphatic carbocycles. The standard InChI is InChI=1S/C9H6FN7S/c1-17-9(14-15-16-17)18-8-5-2-7(10)11-3-6(5)12-4-13-8/h2-4H,1H3. The molecule has 9 heteroatoms. The Bertz CT molecular complexity index is 713. The Morgan fingerprint density at radius 3 is 2.94 bits per heavy atom. The average Bonchev–Trinajstić information content (AvgIpc) is 2.76. The molecule has 0 aromatic carbocycles. The first-order valence-corrected chi connectivity index (χ1v) is 5.72. The van der Waals surface area contributed by atoms with E-state index in [0.717, 1.165) is 0 Å². The number of rotatable bonds is 2. The monoisotopic (exact) mass is 263 g/mol. The highest BCUT2D eigenvalue weighted by atomic mass is 32.2. The maximum atomic E-state index is 13.2. The number of pyridine rings is 1. The largest absolute Gasteiger partial charge is 0.235 e. The van der Waals surface area contributed by atoms with Crippen LogP contribution >= 0.6 is 11.8 Å². The maximum absolute atomic E-state index is 13.2. The molecule has 90 valence electrons. The molecule has 0 radical (unpaired) electrons. The van der Waals surface area contributed by atoms with Crippen LogP contribution in [0, 0.1) is 5.95 Å². The highest BCUT2D eigenvalue weighted by Gasteiger charge is 2.11. The highest BCUT2D eigenvalue weighted by molar-refractivity contribution is 7.99. The van der Waals surface area contributed by atoms with E-state index >= 15 is 0 Å². The van der Waals surface area contributed by atoms with Crippen LogP contribution in [0.15, 0.2) is 28.8 Å². The summed E-state index contributed by atoms with van der Waals surface area (Å²) in [6, 6.07) is 1.29.